The quantitative estimate of drug-likeness (QED) is 0.450. The Morgan fingerprint density at radius 2 is 1.73 bits per heavy atom. The summed E-state index contributed by atoms with van der Waals surface area (Å²) in [6.45, 7) is 7.09. The van der Waals surface area contributed by atoms with Gasteiger partial charge in [-0.05, 0) is 48.2 Å². The first-order valence-electron chi connectivity index (χ1n) is 14.0. The second-order valence-corrected chi connectivity index (χ2v) is 10.5. The van der Waals surface area contributed by atoms with Crippen molar-refractivity contribution in [3.63, 3.8) is 0 Å². The maximum absolute atomic E-state index is 15.8. The van der Waals surface area contributed by atoms with E-state index in [9.17, 15) is 9.59 Å². The molecule has 212 valence electrons. The van der Waals surface area contributed by atoms with E-state index in [0.29, 0.717) is 66.6 Å². The van der Waals surface area contributed by atoms with Crippen LogP contribution in [-0.4, -0.2) is 66.1 Å². The lowest BCUT2D eigenvalue weighted by Gasteiger charge is -2.37. The van der Waals surface area contributed by atoms with E-state index in [1.54, 1.807) is 35.2 Å². The molecular weight excluding hydrogens is 521 g/mol. The number of terminal acetylenes is 1. The molecule has 3 heterocycles. The molecule has 9 heteroatoms. The average Bonchev–Trinajstić information content (AvgIpc) is 3.02. The zero-order chi connectivity index (χ0) is 29.0. The van der Waals surface area contributed by atoms with Crippen LogP contribution in [0.4, 0.5) is 16.0 Å². The molecule has 1 N–H and O–H groups in total. The van der Waals surface area contributed by atoms with Gasteiger partial charge in [-0.25, -0.2) is 14.4 Å². The number of anilines is 2. The van der Waals surface area contributed by atoms with Crippen LogP contribution in [0.3, 0.4) is 0 Å². The zero-order valence-electron chi connectivity index (χ0n) is 23.5. The number of amides is 2. The van der Waals surface area contributed by atoms with Crippen LogP contribution in [0.25, 0.3) is 0 Å². The van der Waals surface area contributed by atoms with Crippen LogP contribution in [0.1, 0.15) is 62.7 Å². The van der Waals surface area contributed by atoms with Crippen LogP contribution >= 0.6 is 0 Å². The van der Waals surface area contributed by atoms with Crippen molar-refractivity contribution in [2.24, 2.45) is 0 Å². The number of piperidine rings is 1. The molecule has 0 bridgehead atoms. The number of hydrogen-bond donors (Lipinski definition) is 1. The van der Waals surface area contributed by atoms with Crippen LogP contribution in [0, 0.1) is 19.3 Å². The number of halogens is 1. The molecule has 41 heavy (non-hydrogen) atoms. The van der Waals surface area contributed by atoms with Gasteiger partial charge in [0.25, 0.3) is 11.8 Å². The maximum Gasteiger partial charge on any atom is 0.258 e. The number of alkyl halides is 1. The van der Waals surface area contributed by atoms with E-state index in [2.05, 4.69) is 21.2 Å². The molecule has 0 saturated carbocycles. The van der Waals surface area contributed by atoms with Crippen molar-refractivity contribution < 1.29 is 18.7 Å². The van der Waals surface area contributed by atoms with Crippen molar-refractivity contribution in [2.45, 2.75) is 38.8 Å². The first-order valence-corrected chi connectivity index (χ1v) is 14.0. The second kappa shape index (κ2) is 12.1. The van der Waals surface area contributed by atoms with E-state index >= 15 is 4.39 Å². The number of hydrogen-bond acceptors (Lipinski definition) is 6. The molecule has 1 aromatic heterocycles. The minimum Gasteiger partial charge on any atom is -0.378 e. The highest BCUT2D eigenvalue weighted by Crippen LogP contribution is 2.37. The summed E-state index contributed by atoms with van der Waals surface area (Å²) in [5, 5.41) is 2.95. The Labute approximate surface area is 239 Å². The summed E-state index contributed by atoms with van der Waals surface area (Å²) in [4.78, 5) is 39.1. The predicted octanol–water partition coefficient (Wildman–Crippen LogP) is 4.52. The molecule has 2 saturated heterocycles. The highest BCUT2D eigenvalue weighted by molar-refractivity contribution is 6.05. The SMILES string of the molecule is C#Cc1ccc(C2(F)CCN(C(=O)c3cc(NC(=O)c4cnc(N5CCOCC5)nc4)c(CC)cc3C)CC2)cc1. The standard InChI is InChI=1S/C32H34FN5O3/c1-4-23-6-8-26(9-7-23)32(33)10-12-37(13-11-32)30(40)27-19-28(24(5-2)18-22(27)3)36-29(39)25-20-34-31(35-21-25)38-14-16-41-17-15-38/h1,6-9,18-21H,5,10-17H2,2-3H3,(H,36,39). The maximum atomic E-state index is 15.8. The number of carbonyl (C=O) groups is 2. The molecule has 5 rings (SSSR count). The van der Waals surface area contributed by atoms with Crippen LogP contribution in [-0.2, 0) is 16.8 Å². The number of morpholine rings is 1. The number of nitrogens with zero attached hydrogens (tertiary/aromatic N) is 4. The number of aryl methyl sites for hydroxylation is 2. The summed E-state index contributed by atoms with van der Waals surface area (Å²) in [7, 11) is 0. The average molecular weight is 556 g/mol. The van der Waals surface area contributed by atoms with Crippen molar-refractivity contribution in [2.75, 3.05) is 49.6 Å². The molecule has 2 aliphatic rings. The van der Waals surface area contributed by atoms with Gasteiger partial charge in [-0.15, -0.1) is 6.42 Å². The van der Waals surface area contributed by atoms with Crippen molar-refractivity contribution >= 4 is 23.5 Å². The lowest BCUT2D eigenvalue weighted by molar-refractivity contribution is 0.0421. The monoisotopic (exact) mass is 555 g/mol. The van der Waals surface area contributed by atoms with Crippen LogP contribution in [0.2, 0.25) is 0 Å². The third-order valence-corrected chi connectivity index (χ3v) is 7.92. The molecule has 0 unspecified atom stereocenters. The highest BCUT2D eigenvalue weighted by atomic mass is 19.1. The second-order valence-electron chi connectivity index (χ2n) is 10.5. The first kappa shape index (κ1) is 28.2. The normalized spacial score (nSPS) is 16.6. The molecule has 2 aromatic carbocycles. The number of carbonyl (C=O) groups excluding carboxylic acids is 2. The molecule has 0 aliphatic carbocycles. The van der Waals surface area contributed by atoms with Crippen molar-refractivity contribution in [1.82, 2.24) is 14.9 Å². The third-order valence-electron chi connectivity index (χ3n) is 7.92. The van der Waals surface area contributed by atoms with E-state index in [1.807, 2.05) is 24.8 Å². The molecule has 0 radical (unpaired) electrons. The van der Waals surface area contributed by atoms with Gasteiger partial charge in [-0.3, -0.25) is 9.59 Å². The molecular formula is C32H34FN5O3. The minimum absolute atomic E-state index is 0.177. The summed E-state index contributed by atoms with van der Waals surface area (Å²) in [5.74, 6) is 2.58. The first-order chi connectivity index (χ1) is 19.8. The summed E-state index contributed by atoms with van der Waals surface area (Å²) >= 11 is 0. The number of ether oxygens (including phenoxy) is 1. The molecule has 8 nitrogen and oxygen atoms in total. The Kier molecular flexibility index (Phi) is 8.31. The van der Waals surface area contributed by atoms with Crippen LogP contribution in [0.5, 0.6) is 0 Å². The summed E-state index contributed by atoms with van der Waals surface area (Å²) in [5.41, 5.74) is 2.87. The summed E-state index contributed by atoms with van der Waals surface area (Å²) < 4.78 is 21.2. The number of benzene rings is 2. The summed E-state index contributed by atoms with van der Waals surface area (Å²) in [6, 6.07) is 10.6. The molecule has 2 fully saturated rings. The van der Waals surface area contributed by atoms with Gasteiger partial charge in [0.05, 0.1) is 18.8 Å². The fraction of sp³-hybridized carbons (Fsp3) is 0.375. The number of nitrogens with one attached hydrogen (secondary N) is 1. The van der Waals surface area contributed by atoms with E-state index < -0.39 is 5.67 Å². The van der Waals surface area contributed by atoms with E-state index in [-0.39, 0.29) is 37.7 Å². The van der Waals surface area contributed by atoms with Crippen molar-refractivity contribution in [3.8, 4) is 12.3 Å². The zero-order valence-corrected chi connectivity index (χ0v) is 23.5. The highest BCUT2D eigenvalue weighted by Gasteiger charge is 2.38. The number of rotatable bonds is 6. The van der Waals surface area contributed by atoms with Crippen molar-refractivity contribution in [3.05, 3.63) is 82.2 Å². The molecule has 2 aliphatic heterocycles. The van der Waals surface area contributed by atoms with Gasteiger partial charge < -0.3 is 19.9 Å². The van der Waals surface area contributed by atoms with Gasteiger partial charge >= 0.3 is 0 Å². The Bertz CT molecular complexity index is 1450. The Morgan fingerprint density at radius 3 is 2.34 bits per heavy atom. The summed E-state index contributed by atoms with van der Waals surface area (Å²) in [6.07, 6.45) is 9.51. The van der Waals surface area contributed by atoms with Gasteiger partial charge in [-0.1, -0.05) is 31.0 Å². The van der Waals surface area contributed by atoms with E-state index in [0.717, 1.165) is 11.1 Å². The molecule has 0 spiro atoms. The Morgan fingerprint density at radius 1 is 1.07 bits per heavy atom. The van der Waals surface area contributed by atoms with Crippen molar-refractivity contribution in [1.29, 1.82) is 0 Å². The van der Waals surface area contributed by atoms with Crippen LogP contribution in [0.15, 0.2) is 48.8 Å². The number of likely N-dealkylation sites (tertiary alicyclic amines) is 1. The largest absolute Gasteiger partial charge is 0.378 e. The van der Waals surface area contributed by atoms with Gasteiger partial charge in [-0.2, -0.15) is 0 Å². The smallest absolute Gasteiger partial charge is 0.258 e. The molecule has 3 aromatic rings. The fourth-order valence-electron chi connectivity index (χ4n) is 5.36. The van der Waals surface area contributed by atoms with Crippen LogP contribution < -0.4 is 10.2 Å². The number of aromatic nitrogens is 2. The van der Waals surface area contributed by atoms with Gasteiger partial charge in [0.15, 0.2) is 0 Å². The molecule has 2 amide bonds. The Balaban J connectivity index is 1.28. The predicted molar refractivity (Wildman–Crippen MR) is 156 cm³/mol. The van der Waals surface area contributed by atoms with E-state index in [4.69, 9.17) is 11.2 Å². The minimum atomic E-state index is -1.51. The van der Waals surface area contributed by atoms with Gasteiger partial charge in [0, 0.05) is 68.2 Å². The lowest BCUT2D eigenvalue weighted by Crippen LogP contribution is -2.43. The van der Waals surface area contributed by atoms with Gasteiger partial charge in [0.1, 0.15) is 5.67 Å². The molecule has 0 atom stereocenters. The van der Waals surface area contributed by atoms with Gasteiger partial charge in [0.2, 0.25) is 5.95 Å². The fourth-order valence-corrected chi connectivity index (χ4v) is 5.36. The lowest BCUT2D eigenvalue weighted by atomic mass is 9.85. The third kappa shape index (κ3) is 6.08. The topological polar surface area (TPSA) is 87.7 Å². The van der Waals surface area contributed by atoms with E-state index in [1.165, 1.54) is 12.4 Å². The Hall–Kier alpha value is -4.29.